The molecule has 162 valence electrons. The van der Waals surface area contributed by atoms with Crippen molar-refractivity contribution in [2.45, 2.75) is 6.42 Å². The van der Waals surface area contributed by atoms with Gasteiger partial charge < -0.3 is 25.4 Å². The molecular weight excluding hydrogens is 402 g/mol. The van der Waals surface area contributed by atoms with E-state index in [0.717, 1.165) is 61.3 Å². The lowest BCUT2D eigenvalue weighted by atomic mass is 10.2. The molecule has 1 aliphatic heterocycles. The highest BCUT2D eigenvalue weighted by Gasteiger charge is 2.18. The van der Waals surface area contributed by atoms with Crippen LogP contribution in [0.15, 0.2) is 47.5 Å². The van der Waals surface area contributed by atoms with Gasteiger partial charge in [-0.15, -0.1) is 0 Å². The number of nitrogens with one attached hydrogen (secondary N) is 1. The molecule has 0 bridgehead atoms. The minimum absolute atomic E-state index is 0.366. The maximum absolute atomic E-state index is 6.32. The third-order valence-electron chi connectivity index (χ3n) is 5.15. The lowest BCUT2D eigenvalue weighted by Gasteiger charge is -2.36. The monoisotopic (exact) mass is 431 g/mol. The summed E-state index contributed by atoms with van der Waals surface area (Å²) in [7, 11) is 3.24. The molecule has 0 unspecified atom stereocenters. The average molecular weight is 432 g/mol. The molecule has 0 atom stereocenters. The molecule has 0 saturated carbocycles. The van der Waals surface area contributed by atoms with Crippen LogP contribution in [-0.4, -0.2) is 64.3 Å². The minimum atomic E-state index is 0.366. The van der Waals surface area contributed by atoms with E-state index in [0.29, 0.717) is 18.3 Å². The van der Waals surface area contributed by atoms with E-state index < -0.39 is 0 Å². The SMILES string of the molecule is COc1ccc(OC)c(NC(N)=NCCCN2CCN(c3ccccc3Cl)CC2)c1. The van der Waals surface area contributed by atoms with Crippen LogP contribution in [0.4, 0.5) is 11.4 Å². The van der Waals surface area contributed by atoms with Gasteiger partial charge >= 0.3 is 0 Å². The number of benzene rings is 2. The third-order valence-corrected chi connectivity index (χ3v) is 5.47. The quantitative estimate of drug-likeness (QED) is 0.379. The van der Waals surface area contributed by atoms with Gasteiger partial charge in [-0.1, -0.05) is 23.7 Å². The zero-order valence-electron chi connectivity index (χ0n) is 17.6. The fourth-order valence-corrected chi connectivity index (χ4v) is 3.76. The first-order valence-corrected chi connectivity index (χ1v) is 10.5. The van der Waals surface area contributed by atoms with E-state index in [-0.39, 0.29) is 0 Å². The van der Waals surface area contributed by atoms with E-state index in [1.165, 1.54) is 0 Å². The van der Waals surface area contributed by atoms with Crippen LogP contribution in [0.1, 0.15) is 6.42 Å². The van der Waals surface area contributed by atoms with Gasteiger partial charge in [-0.25, -0.2) is 0 Å². The number of para-hydroxylation sites is 1. The Morgan fingerprint density at radius 1 is 1.10 bits per heavy atom. The normalized spacial score (nSPS) is 15.2. The van der Waals surface area contributed by atoms with Gasteiger partial charge in [-0.2, -0.15) is 0 Å². The summed E-state index contributed by atoms with van der Waals surface area (Å²) >= 11 is 6.32. The smallest absolute Gasteiger partial charge is 0.193 e. The molecule has 7 nitrogen and oxygen atoms in total. The predicted octanol–water partition coefficient (Wildman–Crippen LogP) is 3.30. The minimum Gasteiger partial charge on any atom is -0.497 e. The lowest BCUT2D eigenvalue weighted by Crippen LogP contribution is -2.46. The Morgan fingerprint density at radius 3 is 2.57 bits per heavy atom. The number of anilines is 2. The largest absolute Gasteiger partial charge is 0.497 e. The first-order valence-electron chi connectivity index (χ1n) is 10.1. The van der Waals surface area contributed by atoms with Crippen molar-refractivity contribution in [2.24, 2.45) is 10.7 Å². The predicted molar refractivity (Wildman–Crippen MR) is 124 cm³/mol. The van der Waals surface area contributed by atoms with Crippen molar-refractivity contribution in [2.75, 3.05) is 63.7 Å². The second-order valence-corrected chi connectivity index (χ2v) is 7.50. The van der Waals surface area contributed by atoms with Crippen LogP contribution in [0.2, 0.25) is 5.02 Å². The Bertz CT molecular complexity index is 853. The number of aliphatic imine (C=N–C) groups is 1. The van der Waals surface area contributed by atoms with E-state index >= 15 is 0 Å². The molecule has 0 aliphatic carbocycles. The Kier molecular flexibility index (Phi) is 8.04. The molecule has 0 aromatic heterocycles. The molecule has 30 heavy (non-hydrogen) atoms. The molecule has 0 spiro atoms. The van der Waals surface area contributed by atoms with Crippen LogP contribution in [0, 0.1) is 0 Å². The Hall–Kier alpha value is -2.64. The van der Waals surface area contributed by atoms with Crippen molar-refractivity contribution >= 4 is 28.9 Å². The molecule has 2 aromatic carbocycles. The van der Waals surface area contributed by atoms with Crippen LogP contribution in [0.25, 0.3) is 0 Å². The molecule has 3 N–H and O–H groups in total. The van der Waals surface area contributed by atoms with Crippen LogP contribution >= 0.6 is 11.6 Å². The first-order chi connectivity index (χ1) is 14.6. The van der Waals surface area contributed by atoms with Crippen LogP contribution in [-0.2, 0) is 0 Å². The van der Waals surface area contributed by atoms with Crippen LogP contribution in [0.3, 0.4) is 0 Å². The highest BCUT2D eigenvalue weighted by Crippen LogP contribution is 2.28. The number of rotatable bonds is 8. The zero-order valence-corrected chi connectivity index (χ0v) is 18.4. The molecule has 0 amide bonds. The number of nitrogens with zero attached hydrogens (tertiary/aromatic N) is 3. The maximum Gasteiger partial charge on any atom is 0.193 e. The third kappa shape index (κ3) is 5.93. The van der Waals surface area contributed by atoms with Gasteiger partial charge in [-0.3, -0.25) is 9.89 Å². The molecule has 1 heterocycles. The summed E-state index contributed by atoms with van der Waals surface area (Å²) in [4.78, 5) is 9.24. The Balaban J connectivity index is 1.42. The molecule has 1 fully saturated rings. The zero-order chi connectivity index (χ0) is 21.3. The number of hydrogen-bond acceptors (Lipinski definition) is 5. The van der Waals surface area contributed by atoms with Gasteiger partial charge in [-0.05, 0) is 30.7 Å². The van der Waals surface area contributed by atoms with Crippen molar-refractivity contribution in [3.8, 4) is 11.5 Å². The highest BCUT2D eigenvalue weighted by molar-refractivity contribution is 6.33. The van der Waals surface area contributed by atoms with Gasteiger partial charge in [0.2, 0.25) is 0 Å². The number of ether oxygens (including phenoxy) is 2. The van der Waals surface area contributed by atoms with Gasteiger partial charge in [0, 0.05) is 45.3 Å². The van der Waals surface area contributed by atoms with Gasteiger partial charge in [0.1, 0.15) is 11.5 Å². The van der Waals surface area contributed by atoms with Crippen LogP contribution in [0.5, 0.6) is 11.5 Å². The number of guanidine groups is 1. The second kappa shape index (κ2) is 10.9. The van der Waals surface area contributed by atoms with Crippen molar-refractivity contribution < 1.29 is 9.47 Å². The molecule has 1 aliphatic rings. The molecule has 3 rings (SSSR count). The molecule has 0 radical (unpaired) electrons. The van der Waals surface area contributed by atoms with E-state index in [4.69, 9.17) is 26.8 Å². The standard InChI is InChI=1S/C22H30ClN5O2/c1-29-17-8-9-21(30-2)19(16-17)26-22(24)25-10-5-11-27-12-14-28(15-13-27)20-7-4-3-6-18(20)23/h3-4,6-9,16H,5,10-15H2,1-2H3,(H3,24,25,26). The van der Waals surface area contributed by atoms with Gasteiger partial charge in [0.25, 0.3) is 0 Å². The van der Waals surface area contributed by atoms with E-state index in [1.54, 1.807) is 14.2 Å². The van der Waals surface area contributed by atoms with Gasteiger partial charge in [0.15, 0.2) is 5.96 Å². The summed E-state index contributed by atoms with van der Waals surface area (Å²) in [6.07, 6.45) is 0.948. The second-order valence-electron chi connectivity index (χ2n) is 7.09. The lowest BCUT2D eigenvalue weighted by molar-refractivity contribution is 0.256. The topological polar surface area (TPSA) is 75.3 Å². The first kappa shape index (κ1) is 22.1. The van der Waals surface area contributed by atoms with E-state index in [2.05, 4.69) is 26.2 Å². The number of halogens is 1. The van der Waals surface area contributed by atoms with E-state index in [1.807, 2.05) is 36.4 Å². The van der Waals surface area contributed by atoms with Crippen LogP contribution < -0.4 is 25.4 Å². The van der Waals surface area contributed by atoms with Gasteiger partial charge in [0.05, 0.1) is 30.6 Å². The molecular formula is C22H30ClN5O2. The summed E-state index contributed by atoms with van der Waals surface area (Å²) in [6.45, 7) is 5.65. The summed E-state index contributed by atoms with van der Waals surface area (Å²) in [5.74, 6) is 1.78. The highest BCUT2D eigenvalue weighted by atomic mass is 35.5. The summed E-state index contributed by atoms with van der Waals surface area (Å²) in [5.41, 5.74) is 7.90. The van der Waals surface area contributed by atoms with Crippen molar-refractivity contribution in [3.05, 3.63) is 47.5 Å². The fourth-order valence-electron chi connectivity index (χ4n) is 3.50. The molecule has 8 heteroatoms. The molecule has 2 aromatic rings. The summed E-state index contributed by atoms with van der Waals surface area (Å²) in [6, 6.07) is 13.5. The Labute approximate surface area is 183 Å². The van der Waals surface area contributed by atoms with Crippen molar-refractivity contribution in [1.82, 2.24) is 4.90 Å². The molecule has 1 saturated heterocycles. The number of hydrogen-bond donors (Lipinski definition) is 2. The van der Waals surface area contributed by atoms with E-state index in [9.17, 15) is 0 Å². The number of nitrogens with two attached hydrogens (primary N) is 1. The number of methoxy groups -OCH3 is 2. The van der Waals surface area contributed by atoms with Crippen molar-refractivity contribution in [3.63, 3.8) is 0 Å². The number of piperazine rings is 1. The summed E-state index contributed by atoms with van der Waals surface area (Å²) < 4.78 is 10.6. The average Bonchev–Trinajstić information content (AvgIpc) is 2.77. The van der Waals surface area contributed by atoms with Crippen molar-refractivity contribution in [1.29, 1.82) is 0 Å². The fraction of sp³-hybridized carbons (Fsp3) is 0.409. The maximum atomic E-state index is 6.32. The Morgan fingerprint density at radius 2 is 1.87 bits per heavy atom. The summed E-state index contributed by atoms with van der Waals surface area (Å²) in [5, 5.41) is 3.91.